The molecular weight excluding hydrogens is 542 g/mol. The van der Waals surface area contributed by atoms with Gasteiger partial charge in [-0.3, -0.25) is 9.69 Å². The number of methoxy groups -OCH3 is 1. The summed E-state index contributed by atoms with van der Waals surface area (Å²) in [6.07, 6.45) is 0.920. The molecular formula is C31H39N3O4S2. The zero-order chi connectivity index (χ0) is 28.7. The van der Waals surface area contributed by atoms with Crippen LogP contribution in [0.15, 0.2) is 64.9 Å². The molecule has 0 aliphatic carbocycles. The van der Waals surface area contributed by atoms with E-state index in [2.05, 4.69) is 49.3 Å². The fourth-order valence-electron chi connectivity index (χ4n) is 5.78. The molecule has 2 aliphatic rings. The fourth-order valence-corrected chi connectivity index (χ4v) is 8.29. The zero-order valence-electron chi connectivity index (χ0n) is 24.0. The third-order valence-electron chi connectivity index (χ3n) is 8.08. The van der Waals surface area contributed by atoms with Crippen molar-refractivity contribution < 1.29 is 17.9 Å². The molecule has 1 fully saturated rings. The highest BCUT2D eigenvalue weighted by Crippen LogP contribution is 2.38. The molecule has 1 saturated heterocycles. The number of nitrogens with zero attached hydrogens (tertiary/aromatic N) is 3. The Morgan fingerprint density at radius 1 is 1.00 bits per heavy atom. The van der Waals surface area contributed by atoms with Crippen molar-refractivity contribution in [1.82, 2.24) is 14.1 Å². The first-order valence-electron chi connectivity index (χ1n) is 13.8. The van der Waals surface area contributed by atoms with Gasteiger partial charge in [-0.25, -0.2) is 8.42 Å². The highest BCUT2D eigenvalue weighted by molar-refractivity contribution is 7.89. The fraction of sp³-hybridized carbons (Fsp3) is 0.452. The number of carbonyl (C=O) groups excluding carboxylic acids is 1. The summed E-state index contributed by atoms with van der Waals surface area (Å²) in [5, 5.41) is 2.13. The maximum absolute atomic E-state index is 13.6. The van der Waals surface area contributed by atoms with Gasteiger partial charge in [0.1, 0.15) is 5.75 Å². The summed E-state index contributed by atoms with van der Waals surface area (Å²) in [7, 11) is -1.99. The van der Waals surface area contributed by atoms with Gasteiger partial charge in [-0.05, 0) is 71.2 Å². The van der Waals surface area contributed by atoms with Crippen LogP contribution in [0.25, 0.3) is 0 Å². The molecule has 2 aliphatic heterocycles. The van der Waals surface area contributed by atoms with Gasteiger partial charge in [0.05, 0.1) is 24.6 Å². The minimum atomic E-state index is -3.65. The van der Waals surface area contributed by atoms with Crippen molar-refractivity contribution in [3.05, 3.63) is 81.5 Å². The number of piperazine rings is 1. The summed E-state index contributed by atoms with van der Waals surface area (Å²) in [6, 6.07) is 17.1. The molecule has 40 heavy (non-hydrogen) atoms. The van der Waals surface area contributed by atoms with Crippen molar-refractivity contribution in [3.8, 4) is 5.75 Å². The standard InChI is InChI=1S/C31H39N3O4S2/c1-22-20-32(17-18-34(22)40(36,37)26-12-8-24(9-13-26)31(2,3)4)29(35)21-33-16-14-28-27(15-19-39-28)30(33)23-6-10-25(38-5)11-7-23/h6-13,15,19,22,30H,14,16-18,20-21H2,1-5H3. The van der Waals surface area contributed by atoms with Crippen LogP contribution in [0.5, 0.6) is 5.75 Å². The van der Waals surface area contributed by atoms with Gasteiger partial charge < -0.3 is 9.64 Å². The van der Waals surface area contributed by atoms with Crippen molar-refractivity contribution in [2.45, 2.75) is 56.5 Å². The quantitative estimate of drug-likeness (QED) is 0.413. The van der Waals surface area contributed by atoms with Crippen molar-refractivity contribution in [2.75, 3.05) is 39.8 Å². The minimum absolute atomic E-state index is 0.0000152. The number of hydrogen-bond acceptors (Lipinski definition) is 6. The first-order valence-corrected chi connectivity index (χ1v) is 16.2. The molecule has 214 valence electrons. The van der Waals surface area contributed by atoms with Gasteiger partial charge in [-0.1, -0.05) is 45.0 Å². The van der Waals surface area contributed by atoms with Crippen LogP contribution >= 0.6 is 11.3 Å². The van der Waals surface area contributed by atoms with Crippen LogP contribution in [0.3, 0.4) is 0 Å². The number of carbonyl (C=O) groups is 1. The smallest absolute Gasteiger partial charge is 0.243 e. The summed E-state index contributed by atoms with van der Waals surface area (Å²) >= 11 is 1.77. The van der Waals surface area contributed by atoms with E-state index in [4.69, 9.17) is 4.74 Å². The number of rotatable bonds is 6. The molecule has 5 rings (SSSR count). The molecule has 2 atom stereocenters. The number of fused-ring (bicyclic) bond motifs is 1. The molecule has 1 aromatic heterocycles. The molecule has 2 unspecified atom stereocenters. The lowest BCUT2D eigenvalue weighted by Gasteiger charge is -2.41. The second-order valence-electron chi connectivity index (χ2n) is 11.8. The molecule has 0 bridgehead atoms. The summed E-state index contributed by atoms with van der Waals surface area (Å²) in [6.45, 7) is 10.3. The lowest BCUT2D eigenvalue weighted by molar-refractivity contribution is -0.135. The van der Waals surface area contributed by atoms with E-state index in [0.29, 0.717) is 24.5 Å². The predicted octanol–water partition coefficient (Wildman–Crippen LogP) is 4.92. The highest BCUT2D eigenvalue weighted by Gasteiger charge is 2.37. The number of sulfonamides is 1. The normalized spacial score (nSPS) is 20.8. The molecule has 2 aromatic carbocycles. The SMILES string of the molecule is COc1ccc(C2c3ccsc3CCN2CC(=O)N2CCN(S(=O)(=O)c3ccc(C(C)(C)C)cc3)C(C)C2)cc1. The second-order valence-corrected chi connectivity index (χ2v) is 14.7. The molecule has 0 spiro atoms. The van der Waals surface area contributed by atoms with Crippen molar-refractivity contribution in [2.24, 2.45) is 0 Å². The average molecular weight is 582 g/mol. The van der Waals surface area contributed by atoms with Gasteiger partial charge >= 0.3 is 0 Å². The van der Waals surface area contributed by atoms with E-state index in [-0.39, 0.29) is 30.0 Å². The van der Waals surface area contributed by atoms with E-state index in [1.54, 1.807) is 34.9 Å². The summed E-state index contributed by atoms with van der Waals surface area (Å²) < 4.78 is 33.9. The predicted molar refractivity (Wildman–Crippen MR) is 160 cm³/mol. The Kier molecular flexibility index (Phi) is 8.12. The van der Waals surface area contributed by atoms with Crippen molar-refractivity contribution in [1.29, 1.82) is 0 Å². The van der Waals surface area contributed by atoms with E-state index in [9.17, 15) is 13.2 Å². The zero-order valence-corrected chi connectivity index (χ0v) is 25.6. The van der Waals surface area contributed by atoms with Crippen LogP contribution in [0.2, 0.25) is 0 Å². The lowest BCUT2D eigenvalue weighted by atomic mass is 9.87. The molecule has 0 N–H and O–H groups in total. The van der Waals surface area contributed by atoms with Crippen LogP contribution in [0.4, 0.5) is 0 Å². The third-order valence-corrected chi connectivity index (χ3v) is 11.1. The maximum Gasteiger partial charge on any atom is 0.243 e. The number of thiophene rings is 1. The van der Waals surface area contributed by atoms with Crippen LogP contribution in [0.1, 0.15) is 55.3 Å². The van der Waals surface area contributed by atoms with E-state index in [0.717, 1.165) is 29.8 Å². The Balaban J connectivity index is 1.28. The van der Waals surface area contributed by atoms with Gasteiger partial charge in [-0.15, -0.1) is 11.3 Å². The minimum Gasteiger partial charge on any atom is -0.497 e. The topological polar surface area (TPSA) is 70.2 Å². The third kappa shape index (κ3) is 5.70. The molecule has 0 radical (unpaired) electrons. The summed E-state index contributed by atoms with van der Waals surface area (Å²) in [4.78, 5) is 19.3. The summed E-state index contributed by atoms with van der Waals surface area (Å²) in [5.41, 5.74) is 3.44. The highest BCUT2D eigenvalue weighted by atomic mass is 32.2. The Morgan fingerprint density at radius 2 is 1.70 bits per heavy atom. The number of benzene rings is 2. The van der Waals surface area contributed by atoms with Crippen LogP contribution < -0.4 is 4.74 Å². The molecule has 1 amide bonds. The largest absolute Gasteiger partial charge is 0.497 e. The second kappa shape index (κ2) is 11.3. The lowest BCUT2D eigenvalue weighted by Crippen LogP contribution is -2.57. The van der Waals surface area contributed by atoms with Crippen molar-refractivity contribution >= 4 is 27.3 Å². The van der Waals surface area contributed by atoms with E-state index < -0.39 is 10.0 Å². The average Bonchev–Trinajstić information content (AvgIpc) is 3.41. The first kappa shape index (κ1) is 28.8. The van der Waals surface area contributed by atoms with Gasteiger partial charge in [0.2, 0.25) is 15.9 Å². The molecule has 7 nitrogen and oxygen atoms in total. The first-order chi connectivity index (χ1) is 19.0. The van der Waals surface area contributed by atoms with Crippen LogP contribution in [-0.4, -0.2) is 74.3 Å². The summed E-state index contributed by atoms with van der Waals surface area (Å²) in [5.74, 6) is 0.843. The van der Waals surface area contributed by atoms with Crippen LogP contribution in [0, 0.1) is 0 Å². The molecule has 3 aromatic rings. The van der Waals surface area contributed by atoms with Crippen molar-refractivity contribution in [3.63, 3.8) is 0 Å². The van der Waals surface area contributed by atoms with Gasteiger partial charge in [0, 0.05) is 37.1 Å². The number of hydrogen-bond donors (Lipinski definition) is 0. The van der Waals surface area contributed by atoms with Gasteiger partial charge in [0.25, 0.3) is 0 Å². The van der Waals surface area contributed by atoms with E-state index in [1.807, 2.05) is 36.1 Å². The number of amides is 1. The monoisotopic (exact) mass is 581 g/mol. The van der Waals surface area contributed by atoms with E-state index in [1.165, 1.54) is 10.4 Å². The Morgan fingerprint density at radius 3 is 2.33 bits per heavy atom. The number of ether oxygens (including phenoxy) is 1. The van der Waals surface area contributed by atoms with E-state index >= 15 is 0 Å². The van der Waals surface area contributed by atoms with Gasteiger partial charge in [-0.2, -0.15) is 4.31 Å². The maximum atomic E-state index is 13.6. The molecule has 9 heteroatoms. The molecule has 0 saturated carbocycles. The van der Waals surface area contributed by atoms with Gasteiger partial charge in [0.15, 0.2) is 0 Å². The Hall–Kier alpha value is -2.72. The Labute approximate surface area is 242 Å². The molecule has 3 heterocycles. The van der Waals surface area contributed by atoms with Crippen LogP contribution in [-0.2, 0) is 26.7 Å². The Bertz CT molecular complexity index is 1440.